The van der Waals surface area contributed by atoms with Crippen LogP contribution in [-0.2, 0) is 14.9 Å². The molecule has 144 valence electrons. The first-order chi connectivity index (χ1) is 13.0. The Hall–Kier alpha value is -2.40. The average Bonchev–Trinajstić information content (AvgIpc) is 2.70. The molecule has 1 aliphatic heterocycles. The van der Waals surface area contributed by atoms with Crippen molar-refractivity contribution in [3.05, 3.63) is 59.9 Å². The zero-order chi connectivity index (χ0) is 19.3. The molecule has 0 saturated carbocycles. The van der Waals surface area contributed by atoms with Crippen LogP contribution in [0.3, 0.4) is 0 Å². The standard InChI is InChI=1S/C22H26FNO3/c1-3-16(2)27-18-10-8-17(9-11-18)24-21(25)22(12-14-26-15-13-22)19-6-4-5-7-20(19)23/h4-11,16H,3,12-15H2,1-2H3,(H,24,25)/t16-/m1/s1. The summed E-state index contributed by atoms with van der Waals surface area (Å²) >= 11 is 0. The largest absolute Gasteiger partial charge is 0.491 e. The molecule has 0 radical (unpaired) electrons. The average molecular weight is 371 g/mol. The number of halogens is 1. The van der Waals surface area contributed by atoms with Gasteiger partial charge in [0.25, 0.3) is 0 Å². The van der Waals surface area contributed by atoms with Gasteiger partial charge in [-0.3, -0.25) is 4.79 Å². The van der Waals surface area contributed by atoms with Gasteiger partial charge in [-0.1, -0.05) is 25.1 Å². The fourth-order valence-electron chi connectivity index (χ4n) is 3.37. The zero-order valence-corrected chi connectivity index (χ0v) is 15.8. The molecule has 1 saturated heterocycles. The molecule has 1 aliphatic rings. The Morgan fingerprint density at radius 2 is 1.85 bits per heavy atom. The summed E-state index contributed by atoms with van der Waals surface area (Å²) in [5.41, 5.74) is 0.177. The van der Waals surface area contributed by atoms with Crippen molar-refractivity contribution >= 4 is 11.6 Å². The lowest BCUT2D eigenvalue weighted by Crippen LogP contribution is -2.45. The molecular formula is C22H26FNO3. The van der Waals surface area contributed by atoms with Gasteiger partial charge in [-0.15, -0.1) is 0 Å². The molecular weight excluding hydrogens is 345 g/mol. The molecule has 1 atom stereocenters. The van der Waals surface area contributed by atoms with Crippen molar-refractivity contribution in [1.82, 2.24) is 0 Å². The highest BCUT2D eigenvalue weighted by molar-refractivity contribution is 5.99. The van der Waals surface area contributed by atoms with Gasteiger partial charge in [-0.25, -0.2) is 4.39 Å². The van der Waals surface area contributed by atoms with Crippen molar-refractivity contribution in [2.24, 2.45) is 0 Å². The third-order valence-corrected chi connectivity index (χ3v) is 5.19. The molecule has 1 heterocycles. The van der Waals surface area contributed by atoms with E-state index in [0.717, 1.165) is 12.2 Å². The second-order valence-corrected chi connectivity index (χ2v) is 6.99. The number of hydrogen-bond donors (Lipinski definition) is 1. The van der Waals surface area contributed by atoms with Crippen LogP contribution in [0.4, 0.5) is 10.1 Å². The number of amides is 1. The number of rotatable bonds is 6. The monoisotopic (exact) mass is 371 g/mol. The van der Waals surface area contributed by atoms with Gasteiger partial charge in [0, 0.05) is 24.5 Å². The second-order valence-electron chi connectivity index (χ2n) is 6.99. The molecule has 2 aromatic rings. The van der Waals surface area contributed by atoms with E-state index >= 15 is 0 Å². The van der Waals surface area contributed by atoms with Crippen LogP contribution in [-0.4, -0.2) is 25.2 Å². The first-order valence-electron chi connectivity index (χ1n) is 9.46. The molecule has 1 fully saturated rings. The summed E-state index contributed by atoms with van der Waals surface area (Å²) < 4.78 is 25.7. The van der Waals surface area contributed by atoms with Gasteiger partial charge in [0.2, 0.25) is 5.91 Å². The molecule has 5 heteroatoms. The van der Waals surface area contributed by atoms with Crippen molar-refractivity contribution in [2.75, 3.05) is 18.5 Å². The third kappa shape index (κ3) is 4.30. The lowest BCUT2D eigenvalue weighted by atomic mass is 9.73. The highest BCUT2D eigenvalue weighted by atomic mass is 19.1. The Morgan fingerprint density at radius 3 is 2.48 bits per heavy atom. The molecule has 2 aromatic carbocycles. The predicted molar refractivity (Wildman–Crippen MR) is 104 cm³/mol. The second kappa shape index (κ2) is 8.53. The van der Waals surface area contributed by atoms with Crippen molar-refractivity contribution in [3.8, 4) is 5.75 Å². The fourth-order valence-corrected chi connectivity index (χ4v) is 3.37. The minimum atomic E-state index is -0.921. The molecule has 27 heavy (non-hydrogen) atoms. The normalized spacial score (nSPS) is 17.1. The van der Waals surface area contributed by atoms with Crippen molar-refractivity contribution in [2.45, 2.75) is 44.6 Å². The summed E-state index contributed by atoms with van der Waals surface area (Å²) in [7, 11) is 0. The topological polar surface area (TPSA) is 47.6 Å². The van der Waals surface area contributed by atoms with E-state index in [1.807, 2.05) is 31.2 Å². The fraction of sp³-hybridized carbons (Fsp3) is 0.409. The molecule has 1 N–H and O–H groups in total. The van der Waals surface area contributed by atoms with E-state index in [0.29, 0.717) is 37.3 Å². The van der Waals surface area contributed by atoms with Gasteiger partial charge in [0.1, 0.15) is 11.6 Å². The van der Waals surface area contributed by atoms with Crippen LogP contribution in [0.1, 0.15) is 38.7 Å². The van der Waals surface area contributed by atoms with E-state index in [-0.39, 0.29) is 17.8 Å². The van der Waals surface area contributed by atoms with Gasteiger partial charge < -0.3 is 14.8 Å². The molecule has 0 unspecified atom stereocenters. The number of ether oxygens (including phenoxy) is 2. The van der Waals surface area contributed by atoms with Crippen LogP contribution in [0, 0.1) is 5.82 Å². The number of benzene rings is 2. The Bertz CT molecular complexity index is 769. The maximum Gasteiger partial charge on any atom is 0.235 e. The molecule has 4 nitrogen and oxygen atoms in total. The van der Waals surface area contributed by atoms with Crippen LogP contribution in [0.2, 0.25) is 0 Å². The SMILES string of the molecule is CC[C@@H](C)Oc1ccc(NC(=O)C2(c3ccccc3F)CCOCC2)cc1. The van der Waals surface area contributed by atoms with E-state index in [9.17, 15) is 9.18 Å². The Labute approximate surface area is 159 Å². The minimum Gasteiger partial charge on any atom is -0.491 e. The van der Waals surface area contributed by atoms with E-state index in [4.69, 9.17) is 9.47 Å². The van der Waals surface area contributed by atoms with Gasteiger partial charge in [-0.2, -0.15) is 0 Å². The summed E-state index contributed by atoms with van der Waals surface area (Å²) in [4.78, 5) is 13.2. The molecule has 0 spiro atoms. The molecule has 0 aliphatic carbocycles. The quantitative estimate of drug-likeness (QED) is 0.801. The molecule has 3 rings (SSSR count). The summed E-state index contributed by atoms with van der Waals surface area (Å²) in [5, 5.41) is 2.96. The first kappa shape index (κ1) is 19.4. The summed E-state index contributed by atoms with van der Waals surface area (Å²) in [6, 6.07) is 13.8. The smallest absolute Gasteiger partial charge is 0.235 e. The van der Waals surface area contributed by atoms with E-state index in [2.05, 4.69) is 12.2 Å². The van der Waals surface area contributed by atoms with Crippen LogP contribution in [0.15, 0.2) is 48.5 Å². The van der Waals surface area contributed by atoms with Crippen molar-refractivity contribution in [1.29, 1.82) is 0 Å². The Morgan fingerprint density at radius 1 is 1.19 bits per heavy atom. The Balaban J connectivity index is 1.80. The van der Waals surface area contributed by atoms with Gasteiger partial charge in [-0.05, 0) is 56.5 Å². The minimum absolute atomic E-state index is 0.136. The van der Waals surface area contributed by atoms with Gasteiger partial charge in [0.15, 0.2) is 0 Å². The molecule has 1 amide bonds. The first-order valence-corrected chi connectivity index (χ1v) is 9.46. The van der Waals surface area contributed by atoms with Crippen LogP contribution < -0.4 is 10.1 Å². The predicted octanol–water partition coefficient (Wildman–Crippen LogP) is 4.69. The van der Waals surface area contributed by atoms with Crippen molar-refractivity contribution in [3.63, 3.8) is 0 Å². The number of nitrogens with one attached hydrogen (secondary N) is 1. The van der Waals surface area contributed by atoms with Crippen LogP contribution in [0.25, 0.3) is 0 Å². The van der Waals surface area contributed by atoms with E-state index < -0.39 is 5.41 Å². The maximum atomic E-state index is 14.5. The molecule has 0 bridgehead atoms. The van der Waals surface area contributed by atoms with Crippen LogP contribution >= 0.6 is 0 Å². The summed E-state index contributed by atoms with van der Waals surface area (Å²) in [6.07, 6.45) is 1.97. The highest BCUT2D eigenvalue weighted by Gasteiger charge is 2.43. The number of carbonyl (C=O) groups excluding carboxylic acids is 1. The van der Waals surface area contributed by atoms with Gasteiger partial charge >= 0.3 is 0 Å². The maximum absolute atomic E-state index is 14.5. The summed E-state index contributed by atoms with van der Waals surface area (Å²) in [5.74, 6) is 0.204. The number of carbonyl (C=O) groups is 1. The van der Waals surface area contributed by atoms with E-state index in [1.165, 1.54) is 6.07 Å². The zero-order valence-electron chi connectivity index (χ0n) is 15.8. The van der Waals surface area contributed by atoms with E-state index in [1.54, 1.807) is 18.2 Å². The lowest BCUT2D eigenvalue weighted by Gasteiger charge is -2.36. The summed E-state index contributed by atoms with van der Waals surface area (Å²) in [6.45, 7) is 4.95. The third-order valence-electron chi connectivity index (χ3n) is 5.19. The molecule has 0 aromatic heterocycles. The van der Waals surface area contributed by atoms with Crippen molar-refractivity contribution < 1.29 is 18.7 Å². The lowest BCUT2D eigenvalue weighted by molar-refractivity contribution is -0.125. The highest BCUT2D eigenvalue weighted by Crippen LogP contribution is 2.37. The van der Waals surface area contributed by atoms with Crippen LogP contribution in [0.5, 0.6) is 5.75 Å². The number of hydrogen-bond acceptors (Lipinski definition) is 3. The Kier molecular flexibility index (Phi) is 6.11. The number of anilines is 1. The van der Waals surface area contributed by atoms with Gasteiger partial charge in [0.05, 0.1) is 11.5 Å².